The minimum Gasteiger partial charge on any atom is -0.383 e. The molecule has 4 N–H and O–H groups in total. The van der Waals surface area contributed by atoms with Gasteiger partial charge in [0.05, 0.1) is 16.7 Å². The third-order valence-electron chi connectivity index (χ3n) is 3.95. The highest BCUT2D eigenvalue weighted by atomic mass is 35.5. The molecule has 0 aromatic carbocycles. The molecular formula is C14H22ClN3O. The van der Waals surface area contributed by atoms with Crippen LogP contribution in [0.4, 0.5) is 5.82 Å². The van der Waals surface area contributed by atoms with E-state index in [1.807, 2.05) is 13.0 Å². The lowest BCUT2D eigenvalue weighted by Crippen LogP contribution is -2.45. The van der Waals surface area contributed by atoms with Gasteiger partial charge in [0.1, 0.15) is 5.82 Å². The second-order valence-corrected chi connectivity index (χ2v) is 5.60. The summed E-state index contributed by atoms with van der Waals surface area (Å²) in [5.41, 5.74) is 12.9. The molecule has 0 bridgehead atoms. The maximum atomic E-state index is 6.46. The molecular weight excluding hydrogens is 262 g/mol. The zero-order chi connectivity index (χ0) is 13.9. The Morgan fingerprint density at radius 1 is 1.42 bits per heavy atom. The number of nitrogen functional groups attached to an aromatic ring is 1. The van der Waals surface area contributed by atoms with Crippen molar-refractivity contribution in [2.75, 3.05) is 12.3 Å². The SMILES string of the molecule is CCOC1(C(N)c2cc(Cl)cnc2N)CCCCC1. The first kappa shape index (κ1) is 14.6. The van der Waals surface area contributed by atoms with Crippen LogP contribution in [-0.4, -0.2) is 17.2 Å². The summed E-state index contributed by atoms with van der Waals surface area (Å²) in [7, 11) is 0. The van der Waals surface area contributed by atoms with E-state index in [0.717, 1.165) is 31.2 Å². The normalized spacial score (nSPS) is 20.2. The van der Waals surface area contributed by atoms with Gasteiger partial charge >= 0.3 is 0 Å². The van der Waals surface area contributed by atoms with Crippen LogP contribution in [0.1, 0.15) is 50.6 Å². The van der Waals surface area contributed by atoms with Gasteiger partial charge in [0.25, 0.3) is 0 Å². The fraction of sp³-hybridized carbons (Fsp3) is 0.643. The topological polar surface area (TPSA) is 74.2 Å². The summed E-state index contributed by atoms with van der Waals surface area (Å²) in [6.45, 7) is 2.66. The maximum absolute atomic E-state index is 6.46. The van der Waals surface area contributed by atoms with Crippen LogP contribution in [0.2, 0.25) is 5.02 Å². The molecule has 1 atom stereocenters. The highest BCUT2D eigenvalue weighted by Crippen LogP contribution is 2.41. The molecule has 1 aliphatic rings. The van der Waals surface area contributed by atoms with Gasteiger partial charge in [-0.15, -0.1) is 0 Å². The molecule has 1 unspecified atom stereocenters. The summed E-state index contributed by atoms with van der Waals surface area (Å²) in [6, 6.07) is 1.53. The van der Waals surface area contributed by atoms with Crippen molar-refractivity contribution < 1.29 is 4.74 Å². The van der Waals surface area contributed by atoms with Crippen LogP contribution >= 0.6 is 11.6 Å². The van der Waals surface area contributed by atoms with Crippen LogP contribution in [0.15, 0.2) is 12.3 Å². The van der Waals surface area contributed by atoms with Crippen molar-refractivity contribution >= 4 is 17.4 Å². The fourth-order valence-electron chi connectivity index (χ4n) is 2.98. The Morgan fingerprint density at radius 3 is 2.74 bits per heavy atom. The highest BCUT2D eigenvalue weighted by Gasteiger charge is 2.40. The Morgan fingerprint density at radius 2 is 2.11 bits per heavy atom. The van der Waals surface area contributed by atoms with Crippen LogP contribution in [0, 0.1) is 0 Å². The van der Waals surface area contributed by atoms with Crippen molar-refractivity contribution in [2.45, 2.75) is 50.7 Å². The van der Waals surface area contributed by atoms with Gasteiger partial charge in [0, 0.05) is 18.4 Å². The molecule has 1 saturated carbocycles. The molecule has 0 saturated heterocycles. The van der Waals surface area contributed by atoms with E-state index in [9.17, 15) is 0 Å². The number of hydrogen-bond acceptors (Lipinski definition) is 4. The van der Waals surface area contributed by atoms with Gasteiger partial charge in [0.2, 0.25) is 0 Å². The standard InChI is InChI=1S/C14H22ClN3O/c1-2-19-14(6-4-3-5-7-14)12(16)11-8-10(15)9-18-13(11)17/h8-9,12H,2-7,16H2,1H3,(H2,17,18). The number of ether oxygens (including phenoxy) is 1. The van der Waals surface area contributed by atoms with E-state index in [1.165, 1.54) is 6.42 Å². The first-order valence-electron chi connectivity index (χ1n) is 6.89. The molecule has 5 heteroatoms. The largest absolute Gasteiger partial charge is 0.383 e. The quantitative estimate of drug-likeness (QED) is 0.891. The number of nitrogens with two attached hydrogens (primary N) is 2. The van der Waals surface area contributed by atoms with Gasteiger partial charge in [-0.1, -0.05) is 30.9 Å². The number of halogens is 1. The summed E-state index contributed by atoms with van der Waals surface area (Å²) in [5, 5.41) is 0.558. The lowest BCUT2D eigenvalue weighted by molar-refractivity contribution is -0.0829. The summed E-state index contributed by atoms with van der Waals surface area (Å²) in [6.07, 6.45) is 7.00. The summed E-state index contributed by atoms with van der Waals surface area (Å²) in [5.74, 6) is 0.446. The molecule has 4 nitrogen and oxygen atoms in total. The first-order chi connectivity index (χ1) is 9.09. The van der Waals surface area contributed by atoms with Gasteiger partial charge in [0.15, 0.2) is 0 Å². The number of rotatable bonds is 4. The van der Waals surface area contributed by atoms with Crippen LogP contribution in [0.25, 0.3) is 0 Å². The van der Waals surface area contributed by atoms with E-state index >= 15 is 0 Å². The second-order valence-electron chi connectivity index (χ2n) is 5.16. The summed E-state index contributed by atoms with van der Waals surface area (Å²) in [4.78, 5) is 4.10. The van der Waals surface area contributed by atoms with Crippen molar-refractivity contribution in [3.05, 3.63) is 22.8 Å². The number of hydrogen-bond donors (Lipinski definition) is 2. The summed E-state index contributed by atoms with van der Waals surface area (Å²) >= 11 is 6.01. The zero-order valence-corrected chi connectivity index (χ0v) is 12.1. The van der Waals surface area contributed by atoms with Crippen molar-refractivity contribution in [3.8, 4) is 0 Å². The molecule has 0 spiro atoms. The van der Waals surface area contributed by atoms with Crippen LogP contribution in [0.5, 0.6) is 0 Å². The fourth-order valence-corrected chi connectivity index (χ4v) is 3.15. The number of anilines is 1. The molecule has 19 heavy (non-hydrogen) atoms. The van der Waals surface area contributed by atoms with Gasteiger partial charge in [-0.3, -0.25) is 0 Å². The third kappa shape index (κ3) is 3.02. The van der Waals surface area contributed by atoms with E-state index in [2.05, 4.69) is 4.98 Å². The predicted octanol–water partition coefficient (Wildman–Crippen LogP) is 3.06. The molecule has 2 rings (SSSR count). The Hall–Kier alpha value is -0.840. The monoisotopic (exact) mass is 283 g/mol. The van der Waals surface area contributed by atoms with Gasteiger partial charge in [-0.25, -0.2) is 4.98 Å². The molecule has 106 valence electrons. The average molecular weight is 284 g/mol. The number of aromatic nitrogens is 1. The van der Waals surface area contributed by atoms with Gasteiger partial charge < -0.3 is 16.2 Å². The van der Waals surface area contributed by atoms with E-state index in [1.54, 1.807) is 6.20 Å². The molecule has 1 heterocycles. The van der Waals surface area contributed by atoms with Crippen LogP contribution < -0.4 is 11.5 Å². The van der Waals surface area contributed by atoms with Gasteiger partial charge in [-0.05, 0) is 25.8 Å². The minimum atomic E-state index is -0.326. The molecule has 1 aliphatic carbocycles. The Labute approximate surface area is 119 Å². The molecule has 0 aliphatic heterocycles. The van der Waals surface area contributed by atoms with E-state index in [0.29, 0.717) is 17.4 Å². The average Bonchev–Trinajstić information content (AvgIpc) is 2.42. The zero-order valence-electron chi connectivity index (χ0n) is 11.4. The molecule has 1 aromatic heterocycles. The predicted molar refractivity (Wildman–Crippen MR) is 78.0 cm³/mol. The van der Waals surface area contributed by atoms with Gasteiger partial charge in [-0.2, -0.15) is 0 Å². The van der Waals surface area contributed by atoms with E-state index < -0.39 is 0 Å². The van der Waals surface area contributed by atoms with Crippen LogP contribution in [-0.2, 0) is 4.74 Å². The third-order valence-corrected chi connectivity index (χ3v) is 4.16. The summed E-state index contributed by atoms with van der Waals surface area (Å²) < 4.78 is 6.03. The van der Waals surface area contributed by atoms with E-state index in [-0.39, 0.29) is 11.6 Å². The smallest absolute Gasteiger partial charge is 0.128 e. The Balaban J connectivity index is 2.32. The van der Waals surface area contributed by atoms with E-state index in [4.69, 9.17) is 27.8 Å². The van der Waals surface area contributed by atoms with Crippen molar-refractivity contribution in [1.82, 2.24) is 4.98 Å². The Bertz CT molecular complexity index is 427. The molecule has 0 amide bonds. The number of nitrogens with zero attached hydrogens (tertiary/aromatic N) is 1. The second kappa shape index (κ2) is 6.07. The Kier molecular flexibility index (Phi) is 4.66. The number of pyridine rings is 1. The highest BCUT2D eigenvalue weighted by molar-refractivity contribution is 6.30. The van der Waals surface area contributed by atoms with Crippen LogP contribution in [0.3, 0.4) is 0 Å². The minimum absolute atomic E-state index is 0.279. The van der Waals surface area contributed by atoms with Crippen molar-refractivity contribution in [2.24, 2.45) is 5.73 Å². The molecule has 0 radical (unpaired) electrons. The molecule has 1 fully saturated rings. The lowest BCUT2D eigenvalue weighted by Gasteiger charge is -2.42. The van der Waals surface area contributed by atoms with Crippen molar-refractivity contribution in [1.29, 1.82) is 0 Å². The van der Waals surface area contributed by atoms with Crippen molar-refractivity contribution in [3.63, 3.8) is 0 Å². The first-order valence-corrected chi connectivity index (χ1v) is 7.27. The lowest BCUT2D eigenvalue weighted by atomic mass is 9.77. The maximum Gasteiger partial charge on any atom is 0.128 e. The molecule has 1 aromatic rings.